The van der Waals surface area contributed by atoms with Crippen LogP contribution in [0.5, 0.6) is 5.75 Å². The number of nitriles is 1. The number of ether oxygens (including phenoxy) is 1. The largest absolute Gasteiger partial charge is 0.492 e. The lowest BCUT2D eigenvalue weighted by Gasteiger charge is -2.35. The highest BCUT2D eigenvalue weighted by Crippen LogP contribution is 2.28. The number of amides is 1. The van der Waals surface area contributed by atoms with Gasteiger partial charge in [-0.05, 0) is 69.7 Å². The summed E-state index contributed by atoms with van der Waals surface area (Å²) in [7, 11) is 0. The van der Waals surface area contributed by atoms with Gasteiger partial charge in [-0.25, -0.2) is 4.98 Å². The maximum absolute atomic E-state index is 12.2. The fourth-order valence-electron chi connectivity index (χ4n) is 4.87. The molecule has 37 heavy (non-hydrogen) atoms. The number of aromatic nitrogens is 2. The molecule has 0 atom stereocenters. The Kier molecular flexibility index (Phi) is 8.46. The van der Waals surface area contributed by atoms with Gasteiger partial charge in [-0.1, -0.05) is 0 Å². The summed E-state index contributed by atoms with van der Waals surface area (Å²) in [5, 5.41) is 22.3. The zero-order chi connectivity index (χ0) is 26.4. The molecule has 2 saturated heterocycles. The highest BCUT2D eigenvalue weighted by molar-refractivity contribution is 5.99. The second-order valence-electron chi connectivity index (χ2n) is 10.3. The van der Waals surface area contributed by atoms with Crippen molar-refractivity contribution in [2.24, 2.45) is 11.7 Å². The molecule has 4 N–H and O–H groups in total. The standard InChI is InChI=1S/C27H37N7O3/c1-19-23(24(29)35)25(32-26(30-19)34-13-8-20(7-12-28)9-14-34)31-21-3-5-22(6-4-21)37-18-17-33-15-10-27(2,36)11-16-33/h3-6,20,36H,7-11,13-18H2,1-2H3,(H2,29,35)(H,30,31,32). The summed E-state index contributed by atoms with van der Waals surface area (Å²) in [5.74, 6) is 1.51. The fourth-order valence-corrected chi connectivity index (χ4v) is 4.87. The third-order valence-corrected chi connectivity index (χ3v) is 7.33. The van der Waals surface area contributed by atoms with Crippen molar-refractivity contribution in [3.05, 3.63) is 35.5 Å². The van der Waals surface area contributed by atoms with E-state index in [4.69, 9.17) is 15.7 Å². The molecule has 1 aromatic carbocycles. The summed E-state index contributed by atoms with van der Waals surface area (Å²) in [6.45, 7) is 8.33. The maximum Gasteiger partial charge on any atom is 0.254 e. The number of hydrogen-bond acceptors (Lipinski definition) is 9. The van der Waals surface area contributed by atoms with Gasteiger partial charge in [0, 0.05) is 44.8 Å². The topological polar surface area (TPSA) is 141 Å². The van der Waals surface area contributed by atoms with Gasteiger partial charge in [0.1, 0.15) is 23.7 Å². The van der Waals surface area contributed by atoms with Crippen molar-refractivity contribution < 1.29 is 14.6 Å². The third kappa shape index (κ3) is 7.08. The van der Waals surface area contributed by atoms with E-state index < -0.39 is 11.5 Å². The first-order chi connectivity index (χ1) is 17.7. The number of aryl methyl sites for hydroxylation is 1. The number of primary amides is 1. The lowest BCUT2D eigenvalue weighted by Crippen LogP contribution is -2.43. The predicted molar refractivity (Wildman–Crippen MR) is 142 cm³/mol. The quantitative estimate of drug-likeness (QED) is 0.467. The van der Waals surface area contributed by atoms with Crippen molar-refractivity contribution in [1.29, 1.82) is 5.26 Å². The number of nitrogens with one attached hydrogen (secondary N) is 1. The molecule has 3 heterocycles. The molecule has 1 aromatic heterocycles. The molecule has 198 valence electrons. The second kappa shape index (κ2) is 11.8. The Labute approximate surface area is 218 Å². The Morgan fingerprint density at radius 1 is 1.22 bits per heavy atom. The van der Waals surface area contributed by atoms with E-state index in [1.54, 1.807) is 6.92 Å². The average molecular weight is 508 g/mol. The lowest BCUT2D eigenvalue weighted by atomic mass is 9.94. The van der Waals surface area contributed by atoms with Gasteiger partial charge in [0.05, 0.1) is 17.4 Å². The number of anilines is 3. The van der Waals surface area contributed by atoms with Gasteiger partial charge in [-0.3, -0.25) is 9.69 Å². The molecule has 0 unspecified atom stereocenters. The third-order valence-electron chi connectivity index (χ3n) is 7.33. The molecule has 0 spiro atoms. The van der Waals surface area contributed by atoms with Gasteiger partial charge in [-0.15, -0.1) is 0 Å². The number of carbonyl (C=O) groups is 1. The minimum absolute atomic E-state index is 0.268. The van der Waals surface area contributed by atoms with E-state index in [1.807, 2.05) is 31.2 Å². The van der Waals surface area contributed by atoms with E-state index in [2.05, 4.69) is 31.2 Å². The zero-order valence-corrected chi connectivity index (χ0v) is 21.7. The van der Waals surface area contributed by atoms with Crippen LogP contribution in [-0.2, 0) is 0 Å². The molecule has 0 bridgehead atoms. The summed E-state index contributed by atoms with van der Waals surface area (Å²) in [6, 6.07) is 9.77. The first-order valence-corrected chi connectivity index (χ1v) is 13.0. The van der Waals surface area contributed by atoms with Gasteiger partial charge in [0.25, 0.3) is 5.91 Å². The summed E-state index contributed by atoms with van der Waals surface area (Å²) >= 11 is 0. The van der Waals surface area contributed by atoms with E-state index in [1.165, 1.54) is 0 Å². The van der Waals surface area contributed by atoms with Crippen molar-refractivity contribution in [2.45, 2.75) is 51.6 Å². The zero-order valence-electron chi connectivity index (χ0n) is 21.7. The van der Waals surface area contributed by atoms with Crippen LogP contribution < -0.4 is 20.7 Å². The van der Waals surface area contributed by atoms with Crippen molar-refractivity contribution in [1.82, 2.24) is 14.9 Å². The normalized spacial score (nSPS) is 18.3. The molecular formula is C27H37N7O3. The monoisotopic (exact) mass is 507 g/mol. The SMILES string of the molecule is Cc1nc(N2CCC(CC#N)CC2)nc(Nc2ccc(OCCN3CCC(C)(O)CC3)cc2)c1C(N)=O. The average Bonchev–Trinajstić information content (AvgIpc) is 2.86. The van der Waals surface area contributed by atoms with Crippen LogP contribution in [-0.4, -0.2) is 70.8 Å². The molecule has 10 nitrogen and oxygen atoms in total. The molecule has 10 heteroatoms. The Bertz CT molecular complexity index is 1110. The number of likely N-dealkylation sites (tertiary alicyclic amines) is 1. The van der Waals surface area contributed by atoms with Gasteiger partial charge >= 0.3 is 0 Å². The molecule has 1 amide bonds. The Morgan fingerprint density at radius 2 is 1.89 bits per heavy atom. The van der Waals surface area contributed by atoms with Crippen LogP contribution in [0.1, 0.15) is 55.1 Å². The number of piperidine rings is 2. The van der Waals surface area contributed by atoms with Gasteiger partial charge in [0.15, 0.2) is 0 Å². The highest BCUT2D eigenvalue weighted by atomic mass is 16.5. The predicted octanol–water partition coefficient (Wildman–Crippen LogP) is 2.98. The minimum Gasteiger partial charge on any atom is -0.492 e. The summed E-state index contributed by atoms with van der Waals surface area (Å²) < 4.78 is 5.91. The van der Waals surface area contributed by atoms with Crippen molar-refractivity contribution in [3.63, 3.8) is 0 Å². The van der Waals surface area contributed by atoms with Crippen LogP contribution in [0.2, 0.25) is 0 Å². The van der Waals surface area contributed by atoms with E-state index in [9.17, 15) is 9.90 Å². The number of hydrogen-bond donors (Lipinski definition) is 3. The van der Waals surface area contributed by atoms with Gasteiger partial charge in [0.2, 0.25) is 5.95 Å². The van der Waals surface area contributed by atoms with E-state index in [-0.39, 0.29) is 5.56 Å². The Hall–Kier alpha value is -3.42. The van der Waals surface area contributed by atoms with Crippen LogP contribution in [0.25, 0.3) is 0 Å². The number of aliphatic hydroxyl groups is 1. The first kappa shape index (κ1) is 26.6. The van der Waals surface area contributed by atoms with Crippen molar-refractivity contribution in [3.8, 4) is 11.8 Å². The summed E-state index contributed by atoms with van der Waals surface area (Å²) in [6.07, 6.45) is 3.96. The molecule has 2 aromatic rings. The van der Waals surface area contributed by atoms with Gasteiger partial charge < -0.3 is 25.8 Å². The van der Waals surface area contributed by atoms with Crippen LogP contribution in [0.15, 0.2) is 24.3 Å². The molecular weight excluding hydrogens is 470 g/mol. The summed E-state index contributed by atoms with van der Waals surface area (Å²) in [4.78, 5) is 25.8. The van der Waals surface area contributed by atoms with Crippen LogP contribution in [0.3, 0.4) is 0 Å². The number of nitrogens with two attached hydrogens (primary N) is 1. The second-order valence-corrected chi connectivity index (χ2v) is 10.3. The van der Waals surface area contributed by atoms with E-state index in [0.717, 1.165) is 69.8 Å². The van der Waals surface area contributed by atoms with E-state index >= 15 is 0 Å². The molecule has 0 aliphatic carbocycles. The number of carbonyl (C=O) groups excluding carboxylic acids is 1. The smallest absolute Gasteiger partial charge is 0.254 e. The molecule has 4 rings (SSSR count). The first-order valence-electron chi connectivity index (χ1n) is 13.0. The van der Waals surface area contributed by atoms with Gasteiger partial charge in [-0.2, -0.15) is 10.2 Å². The van der Waals surface area contributed by atoms with Crippen LogP contribution >= 0.6 is 0 Å². The molecule has 0 radical (unpaired) electrons. The van der Waals surface area contributed by atoms with Crippen molar-refractivity contribution in [2.75, 3.05) is 49.5 Å². The fraction of sp³-hybridized carbons (Fsp3) is 0.556. The molecule has 2 aliphatic heterocycles. The van der Waals surface area contributed by atoms with Crippen LogP contribution in [0.4, 0.5) is 17.5 Å². The van der Waals surface area contributed by atoms with Crippen molar-refractivity contribution >= 4 is 23.4 Å². The van der Waals surface area contributed by atoms with Crippen LogP contribution in [0, 0.1) is 24.2 Å². The molecule has 2 fully saturated rings. The number of rotatable bonds is 9. The number of benzene rings is 1. The summed E-state index contributed by atoms with van der Waals surface area (Å²) in [5.41, 5.74) is 6.66. The minimum atomic E-state index is -0.585. The Balaban J connectivity index is 1.38. The maximum atomic E-state index is 12.2. The number of nitrogens with zero attached hydrogens (tertiary/aromatic N) is 5. The Morgan fingerprint density at radius 3 is 2.51 bits per heavy atom. The van der Waals surface area contributed by atoms with E-state index in [0.29, 0.717) is 36.4 Å². The highest BCUT2D eigenvalue weighted by Gasteiger charge is 2.27. The molecule has 0 saturated carbocycles. The lowest BCUT2D eigenvalue weighted by molar-refractivity contribution is -0.00768. The molecule has 2 aliphatic rings.